The number of benzene rings is 1. The molecule has 2 heterocycles. The second kappa shape index (κ2) is 7.39. The molecule has 1 aromatic carbocycles. The van der Waals surface area contributed by atoms with Crippen molar-refractivity contribution in [2.75, 3.05) is 6.61 Å². The second-order valence-electron chi connectivity index (χ2n) is 6.14. The Balaban J connectivity index is 1.61. The van der Waals surface area contributed by atoms with Crippen molar-refractivity contribution in [1.29, 1.82) is 0 Å². The first-order valence-corrected chi connectivity index (χ1v) is 8.28. The highest BCUT2D eigenvalue weighted by atomic mass is 16.6. The number of hydrogen-bond donors (Lipinski definition) is 0. The van der Waals surface area contributed by atoms with Gasteiger partial charge in [-0.2, -0.15) is 0 Å². The number of ether oxygens (including phenoxy) is 2. The fourth-order valence-corrected chi connectivity index (χ4v) is 2.58. The summed E-state index contributed by atoms with van der Waals surface area (Å²) in [6.07, 6.45) is 0. The van der Waals surface area contributed by atoms with E-state index < -0.39 is 5.97 Å². The van der Waals surface area contributed by atoms with E-state index >= 15 is 0 Å². The van der Waals surface area contributed by atoms with Crippen molar-refractivity contribution in [2.45, 2.75) is 27.4 Å². The quantitative estimate of drug-likeness (QED) is 0.661. The van der Waals surface area contributed by atoms with Gasteiger partial charge in [-0.25, -0.2) is 9.78 Å². The van der Waals surface area contributed by atoms with Gasteiger partial charge in [-0.3, -0.25) is 9.20 Å². The van der Waals surface area contributed by atoms with E-state index in [1.165, 1.54) is 10.5 Å². The lowest BCUT2D eigenvalue weighted by Gasteiger charge is -2.09. The molecule has 2 aromatic heterocycles. The van der Waals surface area contributed by atoms with Gasteiger partial charge >= 0.3 is 5.97 Å². The van der Waals surface area contributed by atoms with E-state index in [0.29, 0.717) is 17.1 Å². The van der Waals surface area contributed by atoms with Crippen molar-refractivity contribution < 1.29 is 14.3 Å². The van der Waals surface area contributed by atoms with Crippen LogP contribution in [0.25, 0.3) is 5.65 Å². The van der Waals surface area contributed by atoms with Crippen LogP contribution < -0.4 is 10.3 Å². The minimum atomic E-state index is -0.519. The Bertz CT molecular complexity index is 1020. The summed E-state index contributed by atoms with van der Waals surface area (Å²) in [5.41, 5.74) is 3.77. The summed E-state index contributed by atoms with van der Waals surface area (Å²) in [4.78, 5) is 28.4. The van der Waals surface area contributed by atoms with Gasteiger partial charge < -0.3 is 9.47 Å². The fraction of sp³-hybridized carbons (Fsp3) is 0.250. The number of fused-ring (bicyclic) bond motifs is 1. The fourth-order valence-electron chi connectivity index (χ4n) is 2.58. The number of hydrogen-bond acceptors (Lipinski definition) is 5. The van der Waals surface area contributed by atoms with Gasteiger partial charge in [0.25, 0.3) is 5.56 Å². The molecule has 6 nitrogen and oxygen atoms in total. The smallest absolute Gasteiger partial charge is 0.344 e. The van der Waals surface area contributed by atoms with Crippen molar-refractivity contribution in [3.63, 3.8) is 0 Å². The first-order valence-electron chi connectivity index (χ1n) is 8.28. The second-order valence-corrected chi connectivity index (χ2v) is 6.14. The minimum Gasteiger partial charge on any atom is -0.482 e. The lowest BCUT2D eigenvalue weighted by atomic mass is 10.1. The number of carbonyl (C=O) groups excluding carboxylic acids is 1. The van der Waals surface area contributed by atoms with E-state index in [0.717, 1.165) is 16.8 Å². The molecule has 0 amide bonds. The molecule has 0 aliphatic heterocycles. The largest absolute Gasteiger partial charge is 0.482 e. The van der Waals surface area contributed by atoms with Crippen LogP contribution in [0.3, 0.4) is 0 Å². The van der Waals surface area contributed by atoms with E-state index in [1.54, 1.807) is 6.07 Å². The maximum Gasteiger partial charge on any atom is 0.344 e. The molecular weight excluding hydrogens is 332 g/mol. The molecule has 0 bridgehead atoms. The lowest BCUT2D eigenvalue weighted by molar-refractivity contribution is -0.147. The number of rotatable bonds is 5. The van der Waals surface area contributed by atoms with E-state index in [2.05, 4.69) is 4.98 Å². The maximum atomic E-state index is 12.2. The van der Waals surface area contributed by atoms with Gasteiger partial charge in [0.2, 0.25) is 0 Å². The molecule has 0 atom stereocenters. The summed E-state index contributed by atoms with van der Waals surface area (Å²) in [5, 5.41) is 0. The van der Waals surface area contributed by atoms with Crippen LogP contribution in [-0.4, -0.2) is 22.0 Å². The van der Waals surface area contributed by atoms with Crippen molar-refractivity contribution >= 4 is 11.6 Å². The first kappa shape index (κ1) is 17.7. The van der Waals surface area contributed by atoms with Crippen LogP contribution in [0.1, 0.15) is 22.5 Å². The average molecular weight is 352 g/mol. The molecule has 0 fully saturated rings. The molecule has 26 heavy (non-hydrogen) atoms. The van der Waals surface area contributed by atoms with Crippen LogP contribution in [0.2, 0.25) is 0 Å². The van der Waals surface area contributed by atoms with E-state index in [4.69, 9.17) is 9.47 Å². The Labute approximate surface area is 151 Å². The van der Waals surface area contributed by atoms with Crippen molar-refractivity contribution in [3.05, 3.63) is 75.3 Å². The summed E-state index contributed by atoms with van der Waals surface area (Å²) < 4.78 is 12.1. The Morgan fingerprint density at radius 3 is 2.65 bits per heavy atom. The minimum absolute atomic E-state index is 0.0746. The topological polar surface area (TPSA) is 69.9 Å². The molecule has 6 heteroatoms. The maximum absolute atomic E-state index is 12.2. The monoisotopic (exact) mass is 352 g/mol. The summed E-state index contributed by atoms with van der Waals surface area (Å²) in [5.74, 6) is 0.0945. The molecule has 3 aromatic rings. The summed E-state index contributed by atoms with van der Waals surface area (Å²) in [6.45, 7) is 5.54. The molecule has 0 saturated carbocycles. The zero-order valence-electron chi connectivity index (χ0n) is 15.0. The van der Waals surface area contributed by atoms with Gasteiger partial charge in [0.15, 0.2) is 6.61 Å². The van der Waals surface area contributed by atoms with E-state index in [-0.39, 0.29) is 18.8 Å². The van der Waals surface area contributed by atoms with Gasteiger partial charge in [-0.1, -0.05) is 12.1 Å². The highest BCUT2D eigenvalue weighted by Gasteiger charge is 2.09. The SMILES string of the molecule is Cc1ccc(OCC(=O)OCc2cc(=O)n3c(C)cccc3n2)cc1C. The standard InChI is InChI=1S/C20H20N2O4/c1-13-7-8-17(9-14(13)2)25-12-20(24)26-11-16-10-19(23)22-15(3)5-4-6-18(22)21-16/h4-10H,11-12H2,1-3H3. The Hall–Kier alpha value is -3.15. The molecule has 0 saturated heterocycles. The molecule has 0 aliphatic carbocycles. The average Bonchev–Trinajstić information content (AvgIpc) is 2.61. The van der Waals surface area contributed by atoms with Gasteiger partial charge in [0, 0.05) is 11.8 Å². The van der Waals surface area contributed by atoms with Crippen LogP contribution in [0, 0.1) is 20.8 Å². The number of pyridine rings is 1. The lowest BCUT2D eigenvalue weighted by Crippen LogP contribution is -2.19. The van der Waals surface area contributed by atoms with Crippen LogP contribution in [0.4, 0.5) is 0 Å². The zero-order chi connectivity index (χ0) is 18.7. The van der Waals surface area contributed by atoms with Crippen molar-refractivity contribution in [1.82, 2.24) is 9.38 Å². The Morgan fingerprint density at radius 2 is 1.88 bits per heavy atom. The van der Waals surface area contributed by atoms with Crippen molar-refractivity contribution in [2.24, 2.45) is 0 Å². The van der Waals surface area contributed by atoms with E-state index in [1.807, 2.05) is 51.1 Å². The molecule has 134 valence electrons. The van der Waals surface area contributed by atoms with Gasteiger partial charge in [-0.05, 0) is 56.2 Å². The molecule has 0 unspecified atom stereocenters. The molecule has 0 aliphatic rings. The Morgan fingerprint density at radius 1 is 1.08 bits per heavy atom. The molecule has 0 radical (unpaired) electrons. The normalized spacial score (nSPS) is 10.7. The predicted octanol–water partition coefficient (Wildman–Crippen LogP) is 2.74. The van der Waals surface area contributed by atoms with Gasteiger partial charge in [0.1, 0.15) is 18.0 Å². The number of esters is 1. The van der Waals surface area contributed by atoms with Crippen LogP contribution in [0.15, 0.2) is 47.3 Å². The predicted molar refractivity (Wildman–Crippen MR) is 97.4 cm³/mol. The third-order valence-corrected chi connectivity index (χ3v) is 4.15. The highest BCUT2D eigenvalue weighted by molar-refractivity contribution is 5.71. The third-order valence-electron chi connectivity index (χ3n) is 4.15. The van der Waals surface area contributed by atoms with Crippen molar-refractivity contribution in [3.8, 4) is 5.75 Å². The van der Waals surface area contributed by atoms with Gasteiger partial charge in [0.05, 0.1) is 5.69 Å². The van der Waals surface area contributed by atoms with Crippen LogP contribution in [-0.2, 0) is 16.1 Å². The van der Waals surface area contributed by atoms with Gasteiger partial charge in [-0.15, -0.1) is 0 Å². The number of aryl methyl sites for hydroxylation is 3. The zero-order valence-corrected chi connectivity index (χ0v) is 15.0. The van der Waals surface area contributed by atoms with E-state index in [9.17, 15) is 9.59 Å². The van der Waals surface area contributed by atoms with Crippen LogP contribution >= 0.6 is 0 Å². The summed E-state index contributed by atoms with van der Waals surface area (Å²) in [7, 11) is 0. The first-order chi connectivity index (χ1) is 12.4. The number of aromatic nitrogens is 2. The third kappa shape index (κ3) is 3.91. The number of carbonyl (C=O) groups is 1. The molecule has 0 N–H and O–H groups in total. The molecular formula is C20H20N2O4. The summed E-state index contributed by atoms with van der Waals surface area (Å²) >= 11 is 0. The Kier molecular flexibility index (Phi) is 5.02. The molecule has 0 spiro atoms. The molecule has 3 rings (SSSR count). The number of nitrogens with zero attached hydrogens (tertiary/aromatic N) is 2. The highest BCUT2D eigenvalue weighted by Crippen LogP contribution is 2.16. The van der Waals surface area contributed by atoms with Crippen LogP contribution in [0.5, 0.6) is 5.75 Å². The summed E-state index contributed by atoms with van der Waals surface area (Å²) in [6, 6.07) is 12.4.